The van der Waals surface area contributed by atoms with Crippen molar-refractivity contribution < 1.29 is 23.7 Å². The number of rotatable bonds is 2. The maximum absolute atomic E-state index is 10.8. The zero-order valence-corrected chi connectivity index (χ0v) is 10.1. The highest BCUT2D eigenvalue weighted by molar-refractivity contribution is 5.65. The van der Waals surface area contributed by atoms with E-state index in [9.17, 15) is 4.79 Å². The minimum atomic E-state index is -0.684. The number of esters is 1. The van der Waals surface area contributed by atoms with Crippen molar-refractivity contribution in [3.05, 3.63) is 0 Å². The Morgan fingerprint density at radius 1 is 1.47 bits per heavy atom. The first-order chi connectivity index (χ1) is 7.93. The topological polar surface area (TPSA) is 54.0 Å². The van der Waals surface area contributed by atoms with Crippen molar-refractivity contribution in [2.75, 3.05) is 6.61 Å². The fraction of sp³-hybridized carbons (Fsp3) is 0.750. The summed E-state index contributed by atoms with van der Waals surface area (Å²) in [6.07, 6.45) is 4.33. The molecule has 0 saturated carbocycles. The minimum Gasteiger partial charge on any atom is -0.463 e. The molecule has 0 bridgehead atoms. The third kappa shape index (κ3) is 2.44. The summed E-state index contributed by atoms with van der Waals surface area (Å²) in [6.45, 7) is 5.09. The molecule has 2 aliphatic rings. The molecule has 5 heteroatoms. The molecule has 0 amide bonds. The summed E-state index contributed by atoms with van der Waals surface area (Å²) in [5.74, 6) is 1.32. The number of terminal acetylenes is 1. The third-order valence-corrected chi connectivity index (χ3v) is 2.79. The van der Waals surface area contributed by atoms with E-state index in [0.29, 0.717) is 0 Å². The predicted octanol–water partition coefficient (Wildman–Crippen LogP) is 0.675. The van der Waals surface area contributed by atoms with E-state index in [2.05, 4.69) is 5.92 Å². The molecule has 2 fully saturated rings. The van der Waals surface area contributed by atoms with E-state index in [-0.39, 0.29) is 30.7 Å². The van der Waals surface area contributed by atoms with Crippen LogP contribution in [0, 0.1) is 18.3 Å². The highest BCUT2D eigenvalue weighted by atomic mass is 16.8. The molecule has 17 heavy (non-hydrogen) atoms. The van der Waals surface area contributed by atoms with Crippen molar-refractivity contribution in [2.45, 2.75) is 45.1 Å². The molecule has 0 aliphatic carbocycles. The van der Waals surface area contributed by atoms with Crippen molar-refractivity contribution in [1.82, 2.24) is 0 Å². The van der Waals surface area contributed by atoms with E-state index >= 15 is 0 Å². The van der Waals surface area contributed by atoms with Crippen molar-refractivity contribution in [3.8, 4) is 12.3 Å². The minimum absolute atomic E-state index is 0.129. The van der Waals surface area contributed by atoms with Crippen LogP contribution in [-0.4, -0.2) is 36.9 Å². The van der Waals surface area contributed by atoms with Gasteiger partial charge in [0.1, 0.15) is 18.8 Å². The Morgan fingerprint density at radius 2 is 2.18 bits per heavy atom. The monoisotopic (exact) mass is 240 g/mol. The Kier molecular flexibility index (Phi) is 3.13. The van der Waals surface area contributed by atoms with Crippen LogP contribution in [0.3, 0.4) is 0 Å². The van der Waals surface area contributed by atoms with Gasteiger partial charge in [-0.05, 0) is 13.8 Å². The molecule has 2 saturated heterocycles. The van der Waals surface area contributed by atoms with Crippen LogP contribution in [-0.2, 0) is 23.7 Å². The van der Waals surface area contributed by atoms with Crippen LogP contribution in [0.5, 0.6) is 0 Å². The van der Waals surface area contributed by atoms with Crippen LogP contribution in [0.2, 0.25) is 0 Å². The highest BCUT2D eigenvalue weighted by Crippen LogP contribution is 2.40. The summed E-state index contributed by atoms with van der Waals surface area (Å²) in [4.78, 5) is 10.8. The van der Waals surface area contributed by atoms with Gasteiger partial charge in [0, 0.05) is 6.92 Å². The molecule has 4 atom stereocenters. The number of ether oxygens (including phenoxy) is 4. The van der Waals surface area contributed by atoms with E-state index in [1.54, 1.807) is 0 Å². The first-order valence-electron chi connectivity index (χ1n) is 5.53. The van der Waals surface area contributed by atoms with Crippen molar-refractivity contribution in [3.63, 3.8) is 0 Å². The van der Waals surface area contributed by atoms with Crippen LogP contribution in [0.1, 0.15) is 20.8 Å². The van der Waals surface area contributed by atoms with Gasteiger partial charge >= 0.3 is 5.97 Å². The second kappa shape index (κ2) is 4.30. The largest absolute Gasteiger partial charge is 0.463 e. The molecule has 0 unspecified atom stereocenters. The molecule has 0 spiro atoms. The molecule has 2 rings (SSSR count). The Hall–Kier alpha value is -1.09. The molecule has 94 valence electrons. The lowest BCUT2D eigenvalue weighted by molar-refractivity contribution is -0.212. The fourth-order valence-electron chi connectivity index (χ4n) is 2.12. The lowest BCUT2D eigenvalue weighted by atomic mass is 10.00. The second-order valence-electron chi connectivity index (χ2n) is 4.64. The maximum Gasteiger partial charge on any atom is 0.302 e. The van der Waals surface area contributed by atoms with Crippen LogP contribution >= 0.6 is 0 Å². The molecule has 0 N–H and O–H groups in total. The Bertz CT molecular complexity index is 356. The first-order valence-corrected chi connectivity index (χ1v) is 5.53. The molecule has 0 aromatic carbocycles. The van der Waals surface area contributed by atoms with Gasteiger partial charge in [-0.15, -0.1) is 6.42 Å². The Labute approximate surface area is 100 Å². The predicted molar refractivity (Wildman–Crippen MR) is 57.7 cm³/mol. The summed E-state index contributed by atoms with van der Waals surface area (Å²) in [5.41, 5.74) is 0. The second-order valence-corrected chi connectivity index (χ2v) is 4.64. The van der Waals surface area contributed by atoms with Gasteiger partial charge in [-0.25, -0.2) is 0 Å². The van der Waals surface area contributed by atoms with E-state index in [4.69, 9.17) is 25.4 Å². The fourth-order valence-corrected chi connectivity index (χ4v) is 2.12. The zero-order chi connectivity index (χ0) is 12.6. The summed E-state index contributed by atoms with van der Waals surface area (Å²) in [7, 11) is 0. The summed E-state index contributed by atoms with van der Waals surface area (Å²) >= 11 is 0. The lowest BCUT2D eigenvalue weighted by Gasteiger charge is -2.22. The molecule has 5 nitrogen and oxygen atoms in total. The van der Waals surface area contributed by atoms with E-state index < -0.39 is 12.1 Å². The quantitative estimate of drug-likeness (QED) is 0.524. The first kappa shape index (κ1) is 12.4. The summed E-state index contributed by atoms with van der Waals surface area (Å²) < 4.78 is 21.8. The Balaban J connectivity index is 2.01. The number of fused-ring (bicyclic) bond motifs is 1. The average Bonchev–Trinajstić information content (AvgIpc) is 2.65. The SMILES string of the molecule is C#C[C@@H]1[C@H]2OC(C)(C)O[C@H]2O[C@@H]1COC(C)=O. The lowest BCUT2D eigenvalue weighted by Crippen LogP contribution is -2.32. The molecular weight excluding hydrogens is 224 g/mol. The number of hydrogen-bond donors (Lipinski definition) is 0. The highest BCUT2D eigenvalue weighted by Gasteiger charge is 2.54. The Morgan fingerprint density at radius 3 is 2.76 bits per heavy atom. The molecule has 0 aromatic heterocycles. The summed E-state index contributed by atoms with van der Waals surface area (Å²) in [5, 5.41) is 0. The smallest absolute Gasteiger partial charge is 0.302 e. The molecule has 0 radical (unpaired) electrons. The number of carbonyl (C=O) groups is 1. The molecule has 2 heterocycles. The molecule has 2 aliphatic heterocycles. The van der Waals surface area contributed by atoms with Gasteiger partial charge in [0.25, 0.3) is 0 Å². The van der Waals surface area contributed by atoms with E-state index in [1.807, 2.05) is 13.8 Å². The van der Waals surface area contributed by atoms with Crippen molar-refractivity contribution in [2.24, 2.45) is 5.92 Å². The van der Waals surface area contributed by atoms with E-state index in [0.717, 1.165) is 0 Å². The van der Waals surface area contributed by atoms with Crippen LogP contribution in [0.25, 0.3) is 0 Å². The van der Waals surface area contributed by atoms with E-state index in [1.165, 1.54) is 6.92 Å². The van der Waals surface area contributed by atoms with Crippen LogP contribution < -0.4 is 0 Å². The number of hydrogen-bond acceptors (Lipinski definition) is 5. The third-order valence-electron chi connectivity index (χ3n) is 2.79. The van der Waals surface area contributed by atoms with Gasteiger partial charge in [-0.3, -0.25) is 4.79 Å². The van der Waals surface area contributed by atoms with Crippen molar-refractivity contribution in [1.29, 1.82) is 0 Å². The van der Waals surface area contributed by atoms with Crippen molar-refractivity contribution >= 4 is 5.97 Å². The van der Waals surface area contributed by atoms with Gasteiger partial charge in [0.15, 0.2) is 12.1 Å². The maximum atomic E-state index is 10.8. The summed E-state index contributed by atoms with van der Waals surface area (Å²) in [6, 6.07) is 0. The number of carbonyl (C=O) groups excluding carboxylic acids is 1. The zero-order valence-electron chi connectivity index (χ0n) is 10.1. The molecular formula is C12H16O5. The van der Waals surface area contributed by atoms with Gasteiger partial charge in [-0.1, -0.05) is 5.92 Å². The van der Waals surface area contributed by atoms with Gasteiger partial charge in [-0.2, -0.15) is 0 Å². The molecule has 0 aromatic rings. The van der Waals surface area contributed by atoms with Gasteiger partial charge < -0.3 is 18.9 Å². The van der Waals surface area contributed by atoms with Gasteiger partial charge in [0.2, 0.25) is 0 Å². The van der Waals surface area contributed by atoms with Gasteiger partial charge in [0.05, 0.1) is 5.92 Å². The normalized spacial score (nSPS) is 38.5. The van der Waals surface area contributed by atoms with Crippen LogP contribution in [0.15, 0.2) is 0 Å². The standard InChI is InChI=1S/C12H16O5/c1-5-8-9(6-14-7(2)13)15-11-10(8)16-12(3,4)17-11/h1,8-11H,6H2,2-4H3/t8-,9+,10+,11+/m0/s1. The average molecular weight is 240 g/mol. The van der Waals surface area contributed by atoms with Crippen LogP contribution in [0.4, 0.5) is 0 Å².